The van der Waals surface area contributed by atoms with E-state index in [9.17, 15) is 4.79 Å². The Morgan fingerprint density at radius 3 is 2.65 bits per heavy atom. The first-order chi connectivity index (χ1) is 9.58. The van der Waals surface area contributed by atoms with Gasteiger partial charge in [0.2, 0.25) is 0 Å². The minimum atomic E-state index is -0.0379. The van der Waals surface area contributed by atoms with E-state index in [1.54, 1.807) is 0 Å². The Labute approximate surface area is 123 Å². The average Bonchev–Trinajstić information content (AvgIpc) is 3.20. The smallest absolute Gasteiger partial charge is 0.306 e. The molecule has 0 aromatic heterocycles. The van der Waals surface area contributed by atoms with Crippen molar-refractivity contribution in [1.82, 2.24) is 10.2 Å². The Balaban J connectivity index is 1.83. The first-order valence-corrected chi connectivity index (χ1v) is 8.21. The summed E-state index contributed by atoms with van der Waals surface area (Å²) in [5, 5.41) is 3.71. The Kier molecular flexibility index (Phi) is 5.85. The van der Waals surface area contributed by atoms with Gasteiger partial charge in [-0.05, 0) is 58.4 Å². The lowest BCUT2D eigenvalue weighted by molar-refractivity contribution is -0.144. The Hall–Kier alpha value is -0.610. The number of piperidine rings is 1. The van der Waals surface area contributed by atoms with Crippen molar-refractivity contribution in [3.05, 3.63) is 0 Å². The van der Waals surface area contributed by atoms with Gasteiger partial charge < -0.3 is 10.1 Å². The molecule has 2 fully saturated rings. The van der Waals surface area contributed by atoms with E-state index in [-0.39, 0.29) is 5.97 Å². The molecule has 0 radical (unpaired) electrons. The van der Waals surface area contributed by atoms with E-state index in [4.69, 9.17) is 4.74 Å². The van der Waals surface area contributed by atoms with Crippen LogP contribution in [0.4, 0.5) is 0 Å². The molecule has 1 saturated heterocycles. The van der Waals surface area contributed by atoms with E-state index < -0.39 is 0 Å². The molecule has 1 N–H and O–H groups in total. The summed E-state index contributed by atoms with van der Waals surface area (Å²) in [6.45, 7) is 10.1. The van der Waals surface area contributed by atoms with Crippen LogP contribution in [0.5, 0.6) is 0 Å². The molecule has 0 amide bonds. The fourth-order valence-corrected chi connectivity index (χ4v) is 3.07. The molecule has 4 heteroatoms. The van der Waals surface area contributed by atoms with Crippen LogP contribution in [-0.2, 0) is 9.53 Å². The zero-order valence-corrected chi connectivity index (χ0v) is 13.2. The SMILES string of the molecule is CCOC(=O)CC1CC(NCC2CC2)CN(C(C)C)C1. The molecule has 2 rings (SSSR count). The Morgan fingerprint density at radius 1 is 1.30 bits per heavy atom. The fraction of sp³-hybridized carbons (Fsp3) is 0.938. The number of hydrogen-bond donors (Lipinski definition) is 1. The molecule has 0 bridgehead atoms. The molecule has 116 valence electrons. The summed E-state index contributed by atoms with van der Waals surface area (Å²) in [5.74, 6) is 1.30. The summed E-state index contributed by atoms with van der Waals surface area (Å²) >= 11 is 0. The molecular formula is C16H30N2O2. The normalized spacial score (nSPS) is 27.8. The molecule has 2 aliphatic rings. The lowest BCUT2D eigenvalue weighted by Gasteiger charge is -2.40. The van der Waals surface area contributed by atoms with Gasteiger partial charge in [0, 0.05) is 31.6 Å². The van der Waals surface area contributed by atoms with Gasteiger partial charge in [-0.1, -0.05) is 0 Å². The number of ether oxygens (including phenoxy) is 1. The minimum Gasteiger partial charge on any atom is -0.466 e. The van der Waals surface area contributed by atoms with Crippen LogP contribution >= 0.6 is 0 Å². The van der Waals surface area contributed by atoms with Crippen LogP contribution in [0.1, 0.15) is 46.5 Å². The molecule has 1 aliphatic carbocycles. The quantitative estimate of drug-likeness (QED) is 0.726. The van der Waals surface area contributed by atoms with E-state index in [1.165, 1.54) is 12.8 Å². The second-order valence-corrected chi connectivity index (χ2v) is 6.71. The molecule has 0 spiro atoms. The lowest BCUT2D eigenvalue weighted by atomic mass is 9.90. The summed E-state index contributed by atoms with van der Waals surface area (Å²) in [6, 6.07) is 1.08. The van der Waals surface area contributed by atoms with Crippen molar-refractivity contribution >= 4 is 5.97 Å². The molecule has 1 heterocycles. The van der Waals surface area contributed by atoms with E-state index in [2.05, 4.69) is 24.1 Å². The van der Waals surface area contributed by atoms with Gasteiger partial charge >= 0.3 is 5.97 Å². The van der Waals surface area contributed by atoms with Crippen molar-refractivity contribution in [2.24, 2.45) is 11.8 Å². The van der Waals surface area contributed by atoms with E-state index in [0.29, 0.717) is 31.0 Å². The standard InChI is InChI=1S/C16H30N2O2/c1-4-20-16(19)8-14-7-15(17-9-13-5-6-13)11-18(10-14)12(2)3/h12-15,17H,4-11H2,1-3H3. The molecule has 0 aromatic rings. The lowest BCUT2D eigenvalue weighted by Crippen LogP contribution is -2.52. The molecule has 2 unspecified atom stereocenters. The highest BCUT2D eigenvalue weighted by molar-refractivity contribution is 5.69. The number of likely N-dealkylation sites (tertiary alicyclic amines) is 1. The van der Waals surface area contributed by atoms with Crippen LogP contribution < -0.4 is 5.32 Å². The van der Waals surface area contributed by atoms with Crippen LogP contribution in [0.2, 0.25) is 0 Å². The molecule has 4 nitrogen and oxygen atoms in total. The Bertz CT molecular complexity index is 316. The van der Waals surface area contributed by atoms with Gasteiger partial charge in [0.25, 0.3) is 0 Å². The van der Waals surface area contributed by atoms with Crippen LogP contribution in [0.15, 0.2) is 0 Å². The number of hydrogen-bond acceptors (Lipinski definition) is 4. The van der Waals surface area contributed by atoms with E-state index in [0.717, 1.165) is 32.0 Å². The second kappa shape index (κ2) is 7.41. The number of nitrogens with one attached hydrogen (secondary N) is 1. The van der Waals surface area contributed by atoms with Crippen LogP contribution in [-0.4, -0.2) is 49.2 Å². The van der Waals surface area contributed by atoms with Gasteiger partial charge in [-0.15, -0.1) is 0 Å². The van der Waals surface area contributed by atoms with Crippen molar-refractivity contribution < 1.29 is 9.53 Å². The van der Waals surface area contributed by atoms with Crippen LogP contribution in [0.3, 0.4) is 0 Å². The topological polar surface area (TPSA) is 41.6 Å². The van der Waals surface area contributed by atoms with Crippen molar-refractivity contribution in [3.63, 3.8) is 0 Å². The highest BCUT2D eigenvalue weighted by Crippen LogP contribution is 2.29. The van der Waals surface area contributed by atoms with Gasteiger partial charge in [-0.3, -0.25) is 9.69 Å². The number of esters is 1. The predicted molar refractivity (Wildman–Crippen MR) is 80.6 cm³/mol. The first kappa shape index (κ1) is 15.8. The van der Waals surface area contributed by atoms with Crippen LogP contribution in [0.25, 0.3) is 0 Å². The summed E-state index contributed by atoms with van der Waals surface area (Å²) in [5.41, 5.74) is 0. The summed E-state index contributed by atoms with van der Waals surface area (Å²) in [7, 11) is 0. The third-order valence-electron chi connectivity index (χ3n) is 4.45. The molecule has 1 saturated carbocycles. The minimum absolute atomic E-state index is 0.0379. The Morgan fingerprint density at radius 2 is 2.05 bits per heavy atom. The maximum atomic E-state index is 11.7. The van der Waals surface area contributed by atoms with Gasteiger partial charge in [0.15, 0.2) is 0 Å². The summed E-state index contributed by atoms with van der Waals surface area (Å²) < 4.78 is 5.11. The third-order valence-corrected chi connectivity index (χ3v) is 4.45. The largest absolute Gasteiger partial charge is 0.466 e. The molecule has 0 aromatic carbocycles. The molecule has 1 aliphatic heterocycles. The van der Waals surface area contributed by atoms with Crippen molar-refractivity contribution in [2.75, 3.05) is 26.2 Å². The monoisotopic (exact) mass is 282 g/mol. The summed E-state index contributed by atoms with van der Waals surface area (Å²) in [4.78, 5) is 14.2. The van der Waals surface area contributed by atoms with Gasteiger partial charge in [-0.2, -0.15) is 0 Å². The highest BCUT2D eigenvalue weighted by Gasteiger charge is 2.31. The molecule has 20 heavy (non-hydrogen) atoms. The predicted octanol–water partition coefficient (Wildman–Crippen LogP) is 2.04. The number of nitrogens with zero attached hydrogens (tertiary/aromatic N) is 1. The van der Waals surface area contributed by atoms with Crippen molar-refractivity contribution in [3.8, 4) is 0 Å². The van der Waals surface area contributed by atoms with E-state index in [1.807, 2.05) is 6.92 Å². The summed E-state index contributed by atoms with van der Waals surface area (Å²) in [6.07, 6.45) is 4.45. The van der Waals surface area contributed by atoms with Gasteiger partial charge in [0.05, 0.1) is 6.61 Å². The van der Waals surface area contributed by atoms with Crippen molar-refractivity contribution in [2.45, 2.75) is 58.5 Å². The maximum Gasteiger partial charge on any atom is 0.306 e. The van der Waals surface area contributed by atoms with Gasteiger partial charge in [-0.25, -0.2) is 0 Å². The number of carbonyl (C=O) groups is 1. The number of rotatable bonds is 7. The number of carbonyl (C=O) groups excluding carboxylic acids is 1. The highest BCUT2D eigenvalue weighted by atomic mass is 16.5. The second-order valence-electron chi connectivity index (χ2n) is 6.71. The average molecular weight is 282 g/mol. The zero-order chi connectivity index (χ0) is 14.5. The maximum absolute atomic E-state index is 11.7. The molecular weight excluding hydrogens is 252 g/mol. The van der Waals surface area contributed by atoms with Crippen LogP contribution in [0, 0.1) is 11.8 Å². The third kappa shape index (κ3) is 5.06. The molecule has 2 atom stereocenters. The zero-order valence-electron chi connectivity index (χ0n) is 13.2. The first-order valence-electron chi connectivity index (χ1n) is 8.21. The van der Waals surface area contributed by atoms with E-state index >= 15 is 0 Å². The van der Waals surface area contributed by atoms with Crippen molar-refractivity contribution in [1.29, 1.82) is 0 Å². The van der Waals surface area contributed by atoms with Gasteiger partial charge in [0.1, 0.15) is 0 Å². The fourth-order valence-electron chi connectivity index (χ4n) is 3.07.